The number of hydrogen-bond donors (Lipinski definition) is 1. The van der Waals surface area contributed by atoms with Crippen LogP contribution < -0.4 is 15.1 Å². The third-order valence-electron chi connectivity index (χ3n) is 5.39. The Morgan fingerprint density at radius 2 is 1.81 bits per heavy atom. The van der Waals surface area contributed by atoms with Gasteiger partial charge in [0.05, 0.1) is 24.1 Å². The number of rotatable bonds is 3. The van der Waals surface area contributed by atoms with Gasteiger partial charge in [-0.1, -0.05) is 40.2 Å². The number of phenolic OH excluding ortho intramolecular Hbond substituents is 1. The SMILES string of the molecule is COc1cc(C2c3c(oc4ccc(Br)cc4c3=O)C(=O)N2c2ccccc2)ccc1O. The number of carbonyl (C=O) groups is 1. The molecule has 0 saturated carbocycles. The number of fused-ring (bicyclic) bond motifs is 2. The number of methoxy groups -OCH3 is 1. The predicted molar refractivity (Wildman–Crippen MR) is 120 cm³/mol. The lowest BCUT2D eigenvalue weighted by atomic mass is 9.97. The number of aromatic hydroxyl groups is 1. The van der Waals surface area contributed by atoms with E-state index in [9.17, 15) is 14.7 Å². The Morgan fingerprint density at radius 1 is 1.03 bits per heavy atom. The average Bonchev–Trinajstić information content (AvgIpc) is 3.08. The van der Waals surface area contributed by atoms with Gasteiger partial charge < -0.3 is 14.3 Å². The molecule has 1 aliphatic heterocycles. The topological polar surface area (TPSA) is 80.0 Å². The first-order valence-corrected chi connectivity index (χ1v) is 10.3. The maximum Gasteiger partial charge on any atom is 0.295 e. The Hall–Kier alpha value is -3.58. The number of hydrogen-bond acceptors (Lipinski definition) is 5. The maximum absolute atomic E-state index is 13.6. The van der Waals surface area contributed by atoms with E-state index in [1.54, 1.807) is 42.5 Å². The van der Waals surface area contributed by atoms with Crippen LogP contribution in [-0.2, 0) is 0 Å². The summed E-state index contributed by atoms with van der Waals surface area (Å²) in [6.45, 7) is 0. The van der Waals surface area contributed by atoms with Crippen LogP contribution in [0.2, 0.25) is 0 Å². The number of halogens is 1. The minimum Gasteiger partial charge on any atom is -0.504 e. The molecule has 3 aromatic carbocycles. The summed E-state index contributed by atoms with van der Waals surface area (Å²) in [5.41, 5.74) is 1.57. The van der Waals surface area contributed by atoms with Gasteiger partial charge in [-0.25, -0.2) is 0 Å². The predicted octanol–water partition coefficient (Wildman–Crippen LogP) is 5.02. The fraction of sp³-hybridized carbons (Fsp3) is 0.0833. The largest absolute Gasteiger partial charge is 0.504 e. The molecule has 0 aliphatic carbocycles. The first-order valence-electron chi connectivity index (χ1n) is 9.51. The summed E-state index contributed by atoms with van der Waals surface area (Å²) < 4.78 is 11.9. The fourth-order valence-corrected chi connectivity index (χ4v) is 4.34. The van der Waals surface area contributed by atoms with Crippen LogP contribution in [0.15, 0.2) is 80.4 Å². The number of phenols is 1. The lowest BCUT2D eigenvalue weighted by Gasteiger charge is -2.25. The van der Waals surface area contributed by atoms with E-state index in [4.69, 9.17) is 9.15 Å². The van der Waals surface area contributed by atoms with Crippen molar-refractivity contribution >= 4 is 38.5 Å². The lowest BCUT2D eigenvalue weighted by molar-refractivity contribution is 0.0971. The number of anilines is 1. The van der Waals surface area contributed by atoms with E-state index < -0.39 is 11.9 Å². The zero-order valence-corrected chi connectivity index (χ0v) is 17.9. The third kappa shape index (κ3) is 3.00. The zero-order valence-electron chi connectivity index (χ0n) is 16.3. The van der Waals surface area contributed by atoms with Crippen molar-refractivity contribution in [3.8, 4) is 11.5 Å². The molecule has 1 amide bonds. The monoisotopic (exact) mass is 477 g/mol. The van der Waals surface area contributed by atoms with Crippen LogP contribution in [0.4, 0.5) is 5.69 Å². The van der Waals surface area contributed by atoms with Crippen molar-refractivity contribution in [2.75, 3.05) is 12.0 Å². The first kappa shape index (κ1) is 19.4. The van der Waals surface area contributed by atoms with Gasteiger partial charge in [-0.05, 0) is 48.0 Å². The van der Waals surface area contributed by atoms with Crippen molar-refractivity contribution < 1.29 is 19.1 Å². The number of carbonyl (C=O) groups excluding carboxylic acids is 1. The molecule has 0 spiro atoms. The smallest absolute Gasteiger partial charge is 0.295 e. The second kappa shape index (κ2) is 7.28. The highest BCUT2D eigenvalue weighted by atomic mass is 79.9. The van der Waals surface area contributed by atoms with E-state index in [1.165, 1.54) is 18.1 Å². The van der Waals surface area contributed by atoms with Gasteiger partial charge in [0.15, 0.2) is 16.9 Å². The van der Waals surface area contributed by atoms with Gasteiger partial charge in [0.1, 0.15) is 5.58 Å². The molecule has 0 saturated heterocycles. The normalized spacial score (nSPS) is 15.4. The number of benzene rings is 3. The van der Waals surface area contributed by atoms with E-state index >= 15 is 0 Å². The Balaban J connectivity index is 1.83. The molecule has 0 fully saturated rings. The van der Waals surface area contributed by atoms with Crippen LogP contribution in [0, 0.1) is 0 Å². The summed E-state index contributed by atoms with van der Waals surface area (Å²) >= 11 is 3.39. The summed E-state index contributed by atoms with van der Waals surface area (Å²) in [5.74, 6) is -0.170. The molecule has 1 aromatic heterocycles. The zero-order chi connectivity index (χ0) is 21.7. The van der Waals surface area contributed by atoms with Gasteiger partial charge in [-0.15, -0.1) is 0 Å². The number of ether oxygens (including phenoxy) is 1. The standard InChI is InChI=1S/C24H16BrNO5/c1-30-19-11-13(7-9-17(19)27)21-20-22(28)16-12-14(25)8-10-18(16)31-23(20)24(29)26(21)15-5-3-2-4-6-15/h2-12,21,27H,1H3. The Kier molecular flexibility index (Phi) is 4.55. The molecule has 1 atom stereocenters. The molecule has 6 nitrogen and oxygen atoms in total. The average molecular weight is 478 g/mol. The molecular weight excluding hydrogens is 462 g/mol. The molecule has 2 heterocycles. The van der Waals surface area contributed by atoms with Crippen LogP contribution >= 0.6 is 15.9 Å². The van der Waals surface area contributed by atoms with Crippen molar-refractivity contribution in [2.45, 2.75) is 6.04 Å². The van der Waals surface area contributed by atoms with Crippen molar-refractivity contribution in [3.63, 3.8) is 0 Å². The highest BCUT2D eigenvalue weighted by Gasteiger charge is 2.43. The van der Waals surface area contributed by atoms with E-state index in [0.717, 1.165) is 4.47 Å². The Labute approximate surface area is 185 Å². The summed E-state index contributed by atoms with van der Waals surface area (Å²) in [5, 5.41) is 10.4. The quantitative estimate of drug-likeness (QED) is 0.448. The highest BCUT2D eigenvalue weighted by molar-refractivity contribution is 9.10. The fourth-order valence-electron chi connectivity index (χ4n) is 3.98. The van der Waals surface area contributed by atoms with Gasteiger partial charge in [-0.3, -0.25) is 14.5 Å². The molecule has 0 radical (unpaired) electrons. The van der Waals surface area contributed by atoms with Gasteiger partial charge in [0.2, 0.25) is 5.76 Å². The van der Waals surface area contributed by atoms with Crippen LogP contribution in [0.3, 0.4) is 0 Å². The molecule has 1 unspecified atom stereocenters. The molecule has 1 aliphatic rings. The van der Waals surface area contributed by atoms with Gasteiger partial charge >= 0.3 is 0 Å². The van der Waals surface area contributed by atoms with Crippen LogP contribution in [0.1, 0.15) is 27.7 Å². The van der Waals surface area contributed by atoms with Gasteiger partial charge in [-0.2, -0.15) is 0 Å². The molecule has 4 aromatic rings. The molecule has 7 heteroatoms. The number of para-hydroxylation sites is 1. The number of amides is 1. The van der Waals surface area contributed by atoms with E-state index in [-0.39, 0.29) is 28.3 Å². The molecule has 154 valence electrons. The van der Waals surface area contributed by atoms with E-state index in [1.807, 2.05) is 18.2 Å². The minimum atomic E-state index is -0.737. The molecule has 0 bridgehead atoms. The van der Waals surface area contributed by atoms with Crippen LogP contribution in [0.25, 0.3) is 11.0 Å². The highest BCUT2D eigenvalue weighted by Crippen LogP contribution is 2.43. The molecule has 5 rings (SSSR count). The van der Waals surface area contributed by atoms with Crippen molar-refractivity contribution in [1.82, 2.24) is 0 Å². The molecule has 31 heavy (non-hydrogen) atoms. The maximum atomic E-state index is 13.6. The third-order valence-corrected chi connectivity index (χ3v) is 5.88. The minimum absolute atomic E-state index is 0.0146. The second-order valence-corrected chi connectivity index (χ2v) is 8.07. The molecule has 1 N–H and O–H groups in total. The van der Waals surface area contributed by atoms with Gasteiger partial charge in [0, 0.05) is 10.2 Å². The first-order chi connectivity index (χ1) is 15.0. The summed E-state index contributed by atoms with van der Waals surface area (Å²) in [6.07, 6.45) is 0. The Bertz CT molecular complexity index is 1400. The summed E-state index contributed by atoms with van der Waals surface area (Å²) in [7, 11) is 1.45. The second-order valence-electron chi connectivity index (χ2n) is 7.16. The van der Waals surface area contributed by atoms with Crippen molar-refractivity contribution in [1.29, 1.82) is 0 Å². The van der Waals surface area contributed by atoms with Crippen LogP contribution in [0.5, 0.6) is 11.5 Å². The lowest BCUT2D eigenvalue weighted by Crippen LogP contribution is -2.29. The van der Waals surface area contributed by atoms with Crippen molar-refractivity contribution in [2.24, 2.45) is 0 Å². The van der Waals surface area contributed by atoms with Gasteiger partial charge in [0.25, 0.3) is 5.91 Å². The van der Waals surface area contributed by atoms with E-state index in [2.05, 4.69) is 15.9 Å². The number of nitrogens with zero attached hydrogens (tertiary/aromatic N) is 1. The van der Waals surface area contributed by atoms with Crippen molar-refractivity contribution in [3.05, 3.63) is 98.3 Å². The van der Waals surface area contributed by atoms with E-state index in [0.29, 0.717) is 22.2 Å². The molecular formula is C24H16BrNO5. The summed E-state index contributed by atoms with van der Waals surface area (Å²) in [6, 6.07) is 18.3. The summed E-state index contributed by atoms with van der Waals surface area (Å²) in [4.78, 5) is 28.6. The van der Waals surface area contributed by atoms with Crippen LogP contribution in [-0.4, -0.2) is 18.1 Å². The Morgan fingerprint density at radius 3 is 2.55 bits per heavy atom.